The monoisotopic (exact) mass is 331 g/mol. The van der Waals surface area contributed by atoms with Crippen LogP contribution in [0.5, 0.6) is 0 Å². The molecule has 1 heterocycles. The molecule has 2 rings (SSSR count). The Hall–Kier alpha value is -1.75. The van der Waals surface area contributed by atoms with Crippen LogP contribution in [0.25, 0.3) is 0 Å². The molecule has 1 aromatic rings. The van der Waals surface area contributed by atoms with E-state index in [-0.39, 0.29) is 0 Å². The Morgan fingerprint density at radius 3 is 2.42 bits per heavy atom. The van der Waals surface area contributed by atoms with Crippen LogP contribution in [0.15, 0.2) is 29.3 Å². The van der Waals surface area contributed by atoms with Crippen molar-refractivity contribution < 1.29 is 0 Å². The van der Waals surface area contributed by atoms with E-state index in [2.05, 4.69) is 70.7 Å². The van der Waals surface area contributed by atoms with E-state index < -0.39 is 0 Å². The lowest BCUT2D eigenvalue weighted by atomic mass is 10.1. The number of guanidine groups is 1. The van der Waals surface area contributed by atoms with E-state index in [0.717, 1.165) is 12.5 Å². The number of likely N-dealkylation sites (tertiary alicyclic amines) is 1. The first kappa shape index (κ1) is 18.6. The highest BCUT2D eigenvalue weighted by Gasteiger charge is 2.19. The Balaban J connectivity index is 1.76. The molecule has 0 amide bonds. The molecule has 1 aliphatic rings. The largest absolute Gasteiger partial charge is 0.378 e. The Morgan fingerprint density at radius 2 is 1.88 bits per heavy atom. The number of nitrogens with zero attached hydrogens (tertiary/aromatic N) is 3. The maximum Gasteiger partial charge on any atom is 0.191 e. The number of rotatable bonds is 6. The Bertz CT molecular complexity index is 501. The fourth-order valence-electron chi connectivity index (χ4n) is 3.10. The molecule has 0 atom stereocenters. The van der Waals surface area contributed by atoms with Gasteiger partial charge in [-0.3, -0.25) is 4.99 Å². The molecule has 0 saturated carbocycles. The number of hydrogen-bond acceptors (Lipinski definition) is 3. The van der Waals surface area contributed by atoms with Crippen LogP contribution in [0.3, 0.4) is 0 Å². The van der Waals surface area contributed by atoms with Gasteiger partial charge in [-0.2, -0.15) is 0 Å². The number of piperidine rings is 1. The van der Waals surface area contributed by atoms with Gasteiger partial charge >= 0.3 is 0 Å². The highest BCUT2D eigenvalue weighted by atomic mass is 15.2. The minimum absolute atomic E-state index is 0.528. The summed E-state index contributed by atoms with van der Waals surface area (Å²) in [4.78, 5) is 9.04. The van der Waals surface area contributed by atoms with Crippen molar-refractivity contribution in [2.45, 2.75) is 38.8 Å². The minimum Gasteiger partial charge on any atom is -0.378 e. The molecule has 0 aromatic heterocycles. The summed E-state index contributed by atoms with van der Waals surface area (Å²) >= 11 is 0. The lowest BCUT2D eigenvalue weighted by Gasteiger charge is -2.32. The predicted molar refractivity (Wildman–Crippen MR) is 104 cm³/mol. The molecule has 0 aliphatic carbocycles. The van der Waals surface area contributed by atoms with Crippen molar-refractivity contribution >= 4 is 11.6 Å². The number of nitrogens with one attached hydrogen (secondary N) is 2. The molecule has 0 spiro atoms. The van der Waals surface area contributed by atoms with Gasteiger partial charge in [-0.05, 0) is 43.5 Å². The smallest absolute Gasteiger partial charge is 0.191 e. The SMILES string of the molecule is CCCN1CCC(NC(=NC)NCc2ccc(N(C)C)cc2)CC1. The highest BCUT2D eigenvalue weighted by Crippen LogP contribution is 2.12. The fraction of sp³-hybridized carbons (Fsp3) is 0.632. The second-order valence-corrected chi connectivity index (χ2v) is 6.75. The van der Waals surface area contributed by atoms with Crippen LogP contribution >= 0.6 is 0 Å². The Kier molecular flexibility index (Phi) is 7.37. The van der Waals surface area contributed by atoms with Crippen LogP contribution in [-0.4, -0.2) is 57.7 Å². The average Bonchev–Trinajstić information content (AvgIpc) is 2.60. The molecular weight excluding hydrogens is 298 g/mol. The van der Waals surface area contributed by atoms with Gasteiger partial charge in [-0.1, -0.05) is 19.1 Å². The molecule has 24 heavy (non-hydrogen) atoms. The molecule has 1 aliphatic heterocycles. The van der Waals surface area contributed by atoms with Crippen LogP contribution < -0.4 is 15.5 Å². The second kappa shape index (κ2) is 9.52. The van der Waals surface area contributed by atoms with E-state index in [4.69, 9.17) is 0 Å². The summed E-state index contributed by atoms with van der Waals surface area (Å²) in [5.74, 6) is 0.903. The minimum atomic E-state index is 0.528. The molecule has 134 valence electrons. The summed E-state index contributed by atoms with van der Waals surface area (Å²) in [6.07, 6.45) is 3.63. The third-order valence-electron chi connectivity index (χ3n) is 4.60. The standard InChI is InChI=1S/C19H33N5/c1-5-12-24-13-10-17(11-14-24)22-19(20-2)21-15-16-6-8-18(9-7-16)23(3)4/h6-9,17H,5,10-15H2,1-4H3,(H2,20,21,22). The van der Waals surface area contributed by atoms with Crippen molar-refractivity contribution in [3.63, 3.8) is 0 Å². The van der Waals surface area contributed by atoms with Crippen LogP contribution in [0.1, 0.15) is 31.7 Å². The first-order valence-corrected chi connectivity index (χ1v) is 9.08. The van der Waals surface area contributed by atoms with Crippen LogP contribution in [-0.2, 0) is 6.54 Å². The topological polar surface area (TPSA) is 42.9 Å². The van der Waals surface area contributed by atoms with Crippen LogP contribution in [0.2, 0.25) is 0 Å². The molecule has 2 N–H and O–H groups in total. The maximum atomic E-state index is 4.37. The lowest BCUT2D eigenvalue weighted by Crippen LogP contribution is -2.48. The summed E-state index contributed by atoms with van der Waals surface area (Å²) in [5, 5.41) is 7.00. The van der Waals surface area contributed by atoms with Crippen molar-refractivity contribution in [3.05, 3.63) is 29.8 Å². The second-order valence-electron chi connectivity index (χ2n) is 6.75. The van der Waals surface area contributed by atoms with Crippen molar-refractivity contribution in [3.8, 4) is 0 Å². The van der Waals surface area contributed by atoms with E-state index in [9.17, 15) is 0 Å². The summed E-state index contributed by atoms with van der Waals surface area (Å²) in [7, 11) is 5.96. The van der Waals surface area contributed by atoms with Gasteiger partial charge in [-0.15, -0.1) is 0 Å². The van der Waals surface area contributed by atoms with Gasteiger partial charge in [-0.25, -0.2) is 0 Å². The zero-order chi connectivity index (χ0) is 17.4. The molecular formula is C19H33N5. The van der Waals surface area contributed by atoms with E-state index in [1.54, 1.807) is 0 Å². The van der Waals surface area contributed by atoms with E-state index in [1.165, 1.54) is 50.1 Å². The van der Waals surface area contributed by atoms with Crippen LogP contribution in [0.4, 0.5) is 5.69 Å². The third-order valence-corrected chi connectivity index (χ3v) is 4.60. The predicted octanol–water partition coefficient (Wildman–Crippen LogP) is 2.29. The summed E-state index contributed by atoms with van der Waals surface area (Å²) in [6.45, 7) is 6.65. The molecule has 1 saturated heterocycles. The number of hydrogen-bond donors (Lipinski definition) is 2. The average molecular weight is 332 g/mol. The van der Waals surface area contributed by atoms with Crippen molar-refractivity contribution in [1.29, 1.82) is 0 Å². The molecule has 0 radical (unpaired) electrons. The number of benzene rings is 1. The summed E-state index contributed by atoms with van der Waals surface area (Å²) < 4.78 is 0. The molecule has 0 bridgehead atoms. The Morgan fingerprint density at radius 1 is 1.21 bits per heavy atom. The molecule has 5 heteroatoms. The van der Waals surface area contributed by atoms with Gasteiger partial charge in [0.05, 0.1) is 0 Å². The Labute approximate surface area is 147 Å². The summed E-state index contributed by atoms with van der Waals surface area (Å²) in [6, 6.07) is 9.16. The maximum absolute atomic E-state index is 4.37. The van der Waals surface area contributed by atoms with Crippen molar-refractivity contribution in [2.24, 2.45) is 4.99 Å². The van der Waals surface area contributed by atoms with E-state index in [1.807, 2.05) is 7.05 Å². The highest BCUT2D eigenvalue weighted by molar-refractivity contribution is 5.80. The van der Waals surface area contributed by atoms with E-state index in [0.29, 0.717) is 6.04 Å². The van der Waals surface area contributed by atoms with Crippen molar-refractivity contribution in [2.75, 3.05) is 45.7 Å². The molecule has 1 fully saturated rings. The van der Waals surface area contributed by atoms with E-state index >= 15 is 0 Å². The van der Waals surface area contributed by atoms with Crippen LogP contribution in [0, 0.1) is 0 Å². The lowest BCUT2D eigenvalue weighted by molar-refractivity contribution is 0.206. The zero-order valence-corrected chi connectivity index (χ0v) is 15.7. The van der Waals surface area contributed by atoms with Gasteiger partial charge in [0.1, 0.15) is 0 Å². The normalized spacial score (nSPS) is 16.9. The first-order chi connectivity index (χ1) is 11.6. The molecule has 5 nitrogen and oxygen atoms in total. The summed E-state index contributed by atoms with van der Waals surface area (Å²) in [5.41, 5.74) is 2.49. The first-order valence-electron chi connectivity index (χ1n) is 9.08. The van der Waals surface area contributed by atoms with Crippen molar-refractivity contribution in [1.82, 2.24) is 15.5 Å². The quantitative estimate of drug-likeness (QED) is 0.620. The van der Waals surface area contributed by atoms with Gasteiger partial charge in [0.25, 0.3) is 0 Å². The zero-order valence-electron chi connectivity index (χ0n) is 15.7. The number of aliphatic imine (C=N–C) groups is 1. The molecule has 0 unspecified atom stereocenters. The third kappa shape index (κ3) is 5.71. The fourth-order valence-corrected chi connectivity index (χ4v) is 3.10. The van der Waals surface area contributed by atoms with Gasteiger partial charge in [0.2, 0.25) is 0 Å². The molecule has 1 aromatic carbocycles. The van der Waals surface area contributed by atoms with Gasteiger partial charge in [0.15, 0.2) is 5.96 Å². The van der Waals surface area contributed by atoms with Gasteiger partial charge < -0.3 is 20.4 Å². The van der Waals surface area contributed by atoms with Gasteiger partial charge in [0, 0.05) is 52.5 Å². The number of anilines is 1.